The van der Waals surface area contributed by atoms with Crippen LogP contribution in [0.4, 0.5) is 5.82 Å². The van der Waals surface area contributed by atoms with Gasteiger partial charge in [0.25, 0.3) is 0 Å². The molecule has 2 aromatic heterocycles. The third-order valence-electron chi connectivity index (χ3n) is 3.19. The topological polar surface area (TPSA) is 76.8 Å². The average Bonchev–Trinajstić information content (AvgIpc) is 2.75. The number of rotatable bonds is 1. The zero-order valence-corrected chi connectivity index (χ0v) is 8.94. The first-order valence-corrected chi connectivity index (χ1v) is 5.51. The Hall–Kier alpha value is -1.62. The van der Waals surface area contributed by atoms with E-state index in [-0.39, 0.29) is 0 Å². The smallest absolute Gasteiger partial charge is 0.143 e. The van der Waals surface area contributed by atoms with Crippen molar-refractivity contribution in [2.24, 2.45) is 0 Å². The minimum absolute atomic E-state index is 0.510. The molecule has 3 rings (SSSR count). The highest BCUT2D eigenvalue weighted by molar-refractivity contribution is 5.89. The van der Waals surface area contributed by atoms with Crippen molar-refractivity contribution in [3.8, 4) is 0 Å². The van der Waals surface area contributed by atoms with E-state index in [1.807, 2.05) is 6.20 Å². The predicted molar refractivity (Wildman–Crippen MR) is 61.1 cm³/mol. The van der Waals surface area contributed by atoms with Gasteiger partial charge in [0.05, 0.1) is 5.39 Å². The van der Waals surface area contributed by atoms with E-state index in [4.69, 9.17) is 10.5 Å². The van der Waals surface area contributed by atoms with E-state index in [1.54, 1.807) is 0 Å². The first kappa shape index (κ1) is 9.59. The van der Waals surface area contributed by atoms with E-state index >= 15 is 0 Å². The van der Waals surface area contributed by atoms with Gasteiger partial charge in [0.1, 0.15) is 17.8 Å². The van der Waals surface area contributed by atoms with Crippen molar-refractivity contribution in [3.05, 3.63) is 18.1 Å². The van der Waals surface area contributed by atoms with Crippen LogP contribution in [0.5, 0.6) is 0 Å². The maximum absolute atomic E-state index is 5.91. The minimum atomic E-state index is 0.510. The zero-order chi connectivity index (χ0) is 11.0. The summed E-state index contributed by atoms with van der Waals surface area (Å²) in [5.41, 5.74) is 7.97. The number of nitrogens with two attached hydrogens (primary N) is 1. The van der Waals surface area contributed by atoms with Gasteiger partial charge in [-0.1, -0.05) is 0 Å². The number of H-pyrrole nitrogens is 1. The fourth-order valence-corrected chi connectivity index (χ4v) is 2.34. The molecule has 84 valence electrons. The Bertz CT molecular complexity index is 502. The third kappa shape index (κ3) is 1.44. The van der Waals surface area contributed by atoms with Crippen LogP contribution in [0.3, 0.4) is 0 Å². The van der Waals surface area contributed by atoms with E-state index in [0.717, 1.165) is 37.1 Å². The van der Waals surface area contributed by atoms with Crippen molar-refractivity contribution in [3.63, 3.8) is 0 Å². The summed E-state index contributed by atoms with van der Waals surface area (Å²) in [6.07, 6.45) is 5.58. The van der Waals surface area contributed by atoms with Crippen LogP contribution in [0.25, 0.3) is 11.0 Å². The highest BCUT2D eigenvalue weighted by atomic mass is 16.5. The number of hydrogen-bond donors (Lipinski definition) is 2. The largest absolute Gasteiger partial charge is 0.383 e. The van der Waals surface area contributed by atoms with Gasteiger partial charge in [-0.25, -0.2) is 9.97 Å². The number of ether oxygens (including phenoxy) is 1. The van der Waals surface area contributed by atoms with Gasteiger partial charge in [-0.05, 0) is 24.3 Å². The van der Waals surface area contributed by atoms with Gasteiger partial charge >= 0.3 is 0 Å². The molecular weight excluding hydrogens is 204 g/mol. The Balaban J connectivity index is 2.09. The molecule has 16 heavy (non-hydrogen) atoms. The van der Waals surface area contributed by atoms with Gasteiger partial charge in [0.2, 0.25) is 0 Å². The Labute approximate surface area is 93.0 Å². The van der Waals surface area contributed by atoms with Crippen LogP contribution < -0.4 is 5.73 Å². The van der Waals surface area contributed by atoms with E-state index in [0.29, 0.717) is 11.7 Å². The molecule has 1 aliphatic rings. The van der Waals surface area contributed by atoms with Crippen molar-refractivity contribution in [2.75, 3.05) is 18.9 Å². The first-order chi connectivity index (χ1) is 7.86. The lowest BCUT2D eigenvalue weighted by Gasteiger charge is -2.21. The molecule has 2 aromatic rings. The molecular formula is C11H14N4O. The minimum Gasteiger partial charge on any atom is -0.383 e. The van der Waals surface area contributed by atoms with Crippen LogP contribution in [0, 0.1) is 0 Å². The Morgan fingerprint density at radius 1 is 1.31 bits per heavy atom. The highest BCUT2D eigenvalue weighted by Crippen LogP contribution is 2.33. The lowest BCUT2D eigenvalue weighted by Crippen LogP contribution is -2.14. The standard InChI is InChI=1S/C11H14N4O/c12-10-9-8(7-1-3-16-4-2-7)5-13-11(9)15-6-14-10/h5-7H,1-4H2,(H3,12,13,14,15). The number of fused-ring (bicyclic) bond motifs is 1. The van der Waals surface area contributed by atoms with Crippen molar-refractivity contribution in [1.29, 1.82) is 0 Å². The summed E-state index contributed by atoms with van der Waals surface area (Å²) in [5.74, 6) is 1.07. The van der Waals surface area contributed by atoms with Gasteiger partial charge in [-0.15, -0.1) is 0 Å². The Morgan fingerprint density at radius 2 is 2.12 bits per heavy atom. The molecule has 5 heteroatoms. The summed E-state index contributed by atoms with van der Waals surface area (Å²) in [5, 5.41) is 0.981. The second-order valence-electron chi connectivity index (χ2n) is 4.11. The van der Waals surface area contributed by atoms with Crippen LogP contribution in [0.2, 0.25) is 0 Å². The summed E-state index contributed by atoms with van der Waals surface area (Å²) >= 11 is 0. The van der Waals surface area contributed by atoms with E-state index < -0.39 is 0 Å². The monoisotopic (exact) mass is 218 g/mol. The molecule has 1 saturated heterocycles. The molecule has 0 bridgehead atoms. The maximum Gasteiger partial charge on any atom is 0.143 e. The molecule has 1 aliphatic heterocycles. The number of anilines is 1. The fourth-order valence-electron chi connectivity index (χ4n) is 2.34. The van der Waals surface area contributed by atoms with Gasteiger partial charge in [0.15, 0.2) is 0 Å². The van der Waals surface area contributed by atoms with Crippen LogP contribution >= 0.6 is 0 Å². The van der Waals surface area contributed by atoms with E-state index in [9.17, 15) is 0 Å². The van der Waals surface area contributed by atoms with Gasteiger partial charge in [0, 0.05) is 19.4 Å². The molecule has 0 spiro atoms. The molecule has 0 aliphatic carbocycles. The molecule has 0 aromatic carbocycles. The summed E-state index contributed by atoms with van der Waals surface area (Å²) in [6.45, 7) is 1.65. The molecule has 3 heterocycles. The van der Waals surface area contributed by atoms with Gasteiger partial charge in [-0.3, -0.25) is 0 Å². The summed E-state index contributed by atoms with van der Waals surface area (Å²) in [6, 6.07) is 0. The van der Waals surface area contributed by atoms with Crippen molar-refractivity contribution < 1.29 is 4.74 Å². The molecule has 5 nitrogen and oxygen atoms in total. The summed E-state index contributed by atoms with van der Waals surface area (Å²) in [4.78, 5) is 11.4. The molecule has 0 amide bonds. The van der Waals surface area contributed by atoms with Crippen LogP contribution in [0.1, 0.15) is 24.3 Å². The normalized spacial score (nSPS) is 18.0. The predicted octanol–water partition coefficient (Wildman–Crippen LogP) is 1.43. The number of nitrogens with zero attached hydrogens (tertiary/aromatic N) is 2. The Kier molecular flexibility index (Phi) is 2.25. The lowest BCUT2D eigenvalue weighted by atomic mass is 9.92. The second kappa shape index (κ2) is 3.75. The lowest BCUT2D eigenvalue weighted by molar-refractivity contribution is 0.0856. The number of nitrogens with one attached hydrogen (secondary N) is 1. The van der Waals surface area contributed by atoms with Crippen molar-refractivity contribution in [2.45, 2.75) is 18.8 Å². The van der Waals surface area contributed by atoms with Crippen LogP contribution in [-0.2, 0) is 4.74 Å². The van der Waals surface area contributed by atoms with Crippen molar-refractivity contribution in [1.82, 2.24) is 15.0 Å². The summed E-state index contributed by atoms with van der Waals surface area (Å²) in [7, 11) is 0. The number of aromatic nitrogens is 3. The molecule has 0 saturated carbocycles. The maximum atomic E-state index is 5.91. The van der Waals surface area contributed by atoms with Gasteiger partial charge < -0.3 is 15.5 Å². The average molecular weight is 218 g/mol. The number of nitrogen functional groups attached to an aromatic ring is 1. The number of aromatic amines is 1. The first-order valence-electron chi connectivity index (χ1n) is 5.51. The van der Waals surface area contributed by atoms with E-state index in [1.165, 1.54) is 11.9 Å². The molecule has 0 radical (unpaired) electrons. The fraction of sp³-hybridized carbons (Fsp3) is 0.455. The van der Waals surface area contributed by atoms with Gasteiger partial charge in [-0.2, -0.15) is 0 Å². The van der Waals surface area contributed by atoms with Crippen LogP contribution in [0.15, 0.2) is 12.5 Å². The third-order valence-corrected chi connectivity index (χ3v) is 3.19. The highest BCUT2D eigenvalue weighted by Gasteiger charge is 2.20. The number of hydrogen-bond acceptors (Lipinski definition) is 4. The van der Waals surface area contributed by atoms with Crippen molar-refractivity contribution >= 4 is 16.9 Å². The molecule has 1 fully saturated rings. The quantitative estimate of drug-likeness (QED) is 0.759. The molecule has 3 N–H and O–H groups in total. The van der Waals surface area contributed by atoms with E-state index in [2.05, 4.69) is 15.0 Å². The molecule has 0 atom stereocenters. The molecule has 0 unspecified atom stereocenters. The van der Waals surface area contributed by atoms with Crippen LogP contribution in [-0.4, -0.2) is 28.2 Å². The Morgan fingerprint density at radius 3 is 2.94 bits per heavy atom. The SMILES string of the molecule is Nc1ncnc2[nH]cc(C3CCOCC3)c12. The second-order valence-corrected chi connectivity index (χ2v) is 4.11. The summed E-state index contributed by atoms with van der Waals surface area (Å²) < 4.78 is 5.37. The zero-order valence-electron chi connectivity index (χ0n) is 8.94.